The zero-order valence-corrected chi connectivity index (χ0v) is 12.1. The molecular weight excluding hydrogens is 278 g/mol. The molecule has 0 saturated heterocycles. The maximum atomic E-state index is 11.4. The second kappa shape index (κ2) is 5.81. The van der Waals surface area contributed by atoms with Crippen LogP contribution in [0, 0.1) is 6.92 Å². The molecule has 3 aromatic rings. The third-order valence-electron chi connectivity index (χ3n) is 3.40. The molecule has 110 valence electrons. The maximum absolute atomic E-state index is 11.4. The van der Waals surface area contributed by atoms with Gasteiger partial charge in [-0.1, -0.05) is 53.2 Å². The Labute approximate surface area is 127 Å². The zero-order valence-electron chi connectivity index (χ0n) is 12.1. The molecule has 0 spiro atoms. The van der Waals surface area contributed by atoms with Gasteiger partial charge in [0.15, 0.2) is 0 Å². The van der Waals surface area contributed by atoms with Crippen LogP contribution >= 0.6 is 0 Å². The summed E-state index contributed by atoms with van der Waals surface area (Å²) in [6.45, 7) is 2.02. The van der Waals surface area contributed by atoms with Crippen molar-refractivity contribution in [3.8, 4) is 11.4 Å². The summed E-state index contributed by atoms with van der Waals surface area (Å²) in [5, 5.41) is 3.98. The van der Waals surface area contributed by atoms with E-state index in [1.807, 2.05) is 43.3 Å². The average Bonchev–Trinajstić information content (AvgIpc) is 2.97. The molecule has 1 amide bonds. The summed E-state index contributed by atoms with van der Waals surface area (Å²) in [6.07, 6.45) is 0.373. The molecule has 1 heterocycles. The minimum absolute atomic E-state index is 0.373. The minimum atomic E-state index is -0.464. The summed E-state index contributed by atoms with van der Waals surface area (Å²) in [4.78, 5) is 15.8. The highest BCUT2D eigenvalue weighted by atomic mass is 16.5. The molecule has 0 unspecified atom stereocenters. The summed E-state index contributed by atoms with van der Waals surface area (Å²) in [5.74, 6) is 0.518. The van der Waals surface area contributed by atoms with Gasteiger partial charge < -0.3 is 10.3 Å². The number of primary amides is 1. The lowest BCUT2D eigenvalue weighted by atomic mass is 10.0. The topological polar surface area (TPSA) is 82.0 Å². The Morgan fingerprint density at radius 3 is 2.59 bits per heavy atom. The number of aryl methyl sites for hydroxylation is 1. The summed E-state index contributed by atoms with van der Waals surface area (Å²) in [6, 6.07) is 15.0. The molecule has 2 N–H and O–H groups in total. The number of aromatic nitrogens is 2. The van der Waals surface area contributed by atoms with Crippen LogP contribution in [0.4, 0.5) is 0 Å². The molecule has 0 fully saturated rings. The smallest absolute Gasteiger partial charge is 0.248 e. The van der Waals surface area contributed by atoms with Crippen molar-refractivity contribution in [3.05, 3.63) is 71.1 Å². The van der Waals surface area contributed by atoms with Gasteiger partial charge in [-0.05, 0) is 18.6 Å². The van der Waals surface area contributed by atoms with Gasteiger partial charge in [0.1, 0.15) is 0 Å². The first-order chi connectivity index (χ1) is 10.6. The predicted octanol–water partition coefficient (Wildman–Crippen LogP) is 2.73. The van der Waals surface area contributed by atoms with Crippen molar-refractivity contribution in [2.24, 2.45) is 5.73 Å². The Hall–Kier alpha value is -2.95. The Morgan fingerprint density at radius 1 is 1.14 bits per heavy atom. The molecule has 3 rings (SSSR count). The fraction of sp³-hybridized carbons (Fsp3) is 0.118. The van der Waals surface area contributed by atoms with Gasteiger partial charge in [0.05, 0.1) is 6.42 Å². The van der Waals surface area contributed by atoms with E-state index in [9.17, 15) is 4.79 Å². The van der Waals surface area contributed by atoms with Gasteiger partial charge in [-0.2, -0.15) is 4.98 Å². The van der Waals surface area contributed by atoms with E-state index in [0.29, 0.717) is 23.7 Å². The number of carbonyl (C=O) groups excluding carboxylic acids is 1. The molecule has 0 bridgehead atoms. The van der Waals surface area contributed by atoms with E-state index in [4.69, 9.17) is 10.3 Å². The van der Waals surface area contributed by atoms with E-state index >= 15 is 0 Å². The molecule has 0 aliphatic heterocycles. The Kier molecular flexibility index (Phi) is 3.70. The number of nitrogens with zero attached hydrogens (tertiary/aromatic N) is 2. The third kappa shape index (κ3) is 2.88. The molecule has 0 aliphatic rings. The first-order valence-corrected chi connectivity index (χ1v) is 6.91. The van der Waals surface area contributed by atoms with Crippen molar-refractivity contribution in [1.29, 1.82) is 0 Å². The van der Waals surface area contributed by atoms with Crippen molar-refractivity contribution in [2.45, 2.75) is 13.3 Å². The van der Waals surface area contributed by atoms with Gasteiger partial charge in [-0.3, -0.25) is 4.79 Å². The lowest BCUT2D eigenvalue weighted by Gasteiger charge is -2.02. The molecule has 0 atom stereocenters. The summed E-state index contributed by atoms with van der Waals surface area (Å²) in [7, 11) is 0. The Morgan fingerprint density at radius 2 is 1.86 bits per heavy atom. The minimum Gasteiger partial charge on any atom is -0.366 e. The first kappa shape index (κ1) is 14.0. The van der Waals surface area contributed by atoms with E-state index in [2.05, 4.69) is 10.1 Å². The fourth-order valence-electron chi connectivity index (χ4n) is 2.22. The summed E-state index contributed by atoms with van der Waals surface area (Å²) < 4.78 is 5.27. The van der Waals surface area contributed by atoms with Crippen LogP contribution in [-0.2, 0) is 6.42 Å². The van der Waals surface area contributed by atoms with Gasteiger partial charge in [0.25, 0.3) is 0 Å². The highest BCUT2D eigenvalue weighted by molar-refractivity contribution is 5.94. The van der Waals surface area contributed by atoms with Crippen molar-refractivity contribution in [1.82, 2.24) is 10.1 Å². The number of nitrogens with two attached hydrogens (primary N) is 1. The molecular formula is C17H15N3O2. The maximum Gasteiger partial charge on any atom is 0.248 e. The lowest BCUT2D eigenvalue weighted by molar-refractivity contribution is 0.0999. The second-order valence-corrected chi connectivity index (χ2v) is 5.08. The standard InChI is InChI=1S/C17H15N3O2/c1-11-6-8-12(9-7-11)17-19-15(22-20-17)10-13-4-2-3-5-14(13)16(18)21/h2-9H,10H2,1H3,(H2,18,21). The highest BCUT2D eigenvalue weighted by Crippen LogP contribution is 2.18. The van der Waals surface area contributed by atoms with Gasteiger partial charge in [0.2, 0.25) is 17.6 Å². The summed E-state index contributed by atoms with van der Waals surface area (Å²) in [5.41, 5.74) is 8.68. The van der Waals surface area contributed by atoms with E-state index in [0.717, 1.165) is 11.1 Å². The average molecular weight is 293 g/mol. The van der Waals surface area contributed by atoms with Gasteiger partial charge >= 0.3 is 0 Å². The monoisotopic (exact) mass is 293 g/mol. The lowest BCUT2D eigenvalue weighted by Crippen LogP contribution is -2.13. The van der Waals surface area contributed by atoms with Crippen LogP contribution in [0.25, 0.3) is 11.4 Å². The molecule has 5 heteroatoms. The number of hydrogen-bond acceptors (Lipinski definition) is 4. The van der Waals surface area contributed by atoms with Crippen molar-refractivity contribution in [3.63, 3.8) is 0 Å². The molecule has 0 saturated carbocycles. The molecule has 1 aromatic heterocycles. The van der Waals surface area contributed by atoms with E-state index in [1.54, 1.807) is 12.1 Å². The highest BCUT2D eigenvalue weighted by Gasteiger charge is 2.13. The van der Waals surface area contributed by atoms with Crippen LogP contribution in [0.2, 0.25) is 0 Å². The Bertz CT molecular complexity index is 807. The van der Waals surface area contributed by atoms with E-state index in [1.165, 1.54) is 5.56 Å². The fourth-order valence-corrected chi connectivity index (χ4v) is 2.22. The number of benzene rings is 2. The molecule has 2 aromatic carbocycles. The van der Waals surface area contributed by atoms with Crippen LogP contribution < -0.4 is 5.73 Å². The number of amides is 1. The van der Waals surface area contributed by atoms with Crippen LogP contribution in [0.5, 0.6) is 0 Å². The van der Waals surface area contributed by atoms with Crippen LogP contribution in [0.3, 0.4) is 0 Å². The van der Waals surface area contributed by atoms with Crippen LogP contribution in [0.1, 0.15) is 27.4 Å². The molecule has 0 radical (unpaired) electrons. The molecule has 5 nitrogen and oxygen atoms in total. The molecule has 22 heavy (non-hydrogen) atoms. The quantitative estimate of drug-likeness (QED) is 0.801. The normalized spacial score (nSPS) is 10.6. The van der Waals surface area contributed by atoms with Gasteiger partial charge in [0, 0.05) is 11.1 Å². The number of carbonyl (C=O) groups is 1. The number of hydrogen-bond donors (Lipinski definition) is 1. The zero-order chi connectivity index (χ0) is 15.5. The van der Waals surface area contributed by atoms with Gasteiger partial charge in [-0.25, -0.2) is 0 Å². The molecule has 0 aliphatic carbocycles. The number of rotatable bonds is 4. The van der Waals surface area contributed by atoms with Crippen molar-refractivity contribution < 1.29 is 9.32 Å². The largest absolute Gasteiger partial charge is 0.366 e. The second-order valence-electron chi connectivity index (χ2n) is 5.08. The van der Waals surface area contributed by atoms with E-state index in [-0.39, 0.29) is 0 Å². The third-order valence-corrected chi connectivity index (χ3v) is 3.40. The van der Waals surface area contributed by atoms with Crippen LogP contribution in [-0.4, -0.2) is 16.0 Å². The predicted molar refractivity (Wildman–Crippen MR) is 82.2 cm³/mol. The van der Waals surface area contributed by atoms with Crippen LogP contribution in [0.15, 0.2) is 53.1 Å². The van der Waals surface area contributed by atoms with Crippen molar-refractivity contribution >= 4 is 5.91 Å². The first-order valence-electron chi connectivity index (χ1n) is 6.91. The van der Waals surface area contributed by atoms with Crippen molar-refractivity contribution in [2.75, 3.05) is 0 Å². The summed E-state index contributed by atoms with van der Waals surface area (Å²) >= 11 is 0. The van der Waals surface area contributed by atoms with E-state index < -0.39 is 5.91 Å². The van der Waals surface area contributed by atoms with Gasteiger partial charge in [-0.15, -0.1) is 0 Å². The SMILES string of the molecule is Cc1ccc(-c2noc(Cc3ccccc3C(N)=O)n2)cc1. The Balaban J connectivity index is 1.86.